The Morgan fingerprint density at radius 2 is 1.43 bits per heavy atom. The summed E-state index contributed by atoms with van der Waals surface area (Å²) in [6, 6.07) is 15.0. The molecule has 0 aliphatic carbocycles. The molecule has 0 amide bonds. The number of azo groups is 1. The maximum Gasteiger partial charge on any atom is 0.296 e. The maximum atomic E-state index is 12.6. The van der Waals surface area contributed by atoms with E-state index < -0.39 is 36.3 Å². The molecule has 7 N–H and O–H groups in total. The minimum Gasteiger partial charge on any atom is -0.505 e. The summed E-state index contributed by atoms with van der Waals surface area (Å²) in [5.41, 5.74) is 0.108. The lowest BCUT2D eigenvalue weighted by Gasteiger charge is -2.12. The Hall–Kier alpha value is -4.05. The van der Waals surface area contributed by atoms with Gasteiger partial charge in [0.05, 0.1) is 46.2 Å². The van der Waals surface area contributed by atoms with E-state index in [0.717, 1.165) is 12.1 Å². The fourth-order valence-corrected chi connectivity index (χ4v) is 7.50. The van der Waals surface area contributed by atoms with Crippen LogP contribution >= 0.6 is 48.0 Å². The highest BCUT2D eigenvalue weighted by Gasteiger charge is 2.20. The van der Waals surface area contributed by atoms with Crippen molar-refractivity contribution in [1.82, 2.24) is 15.0 Å². The number of fused-ring (bicyclic) bond motifs is 1. The number of hydrogen-bond donors (Lipinski definition) is 7. The van der Waals surface area contributed by atoms with Crippen molar-refractivity contribution in [3.8, 4) is 5.75 Å². The number of aromatic nitrogens is 3. The van der Waals surface area contributed by atoms with E-state index in [1.165, 1.54) is 48.5 Å². The summed E-state index contributed by atoms with van der Waals surface area (Å²) in [5, 5.41) is 61.2. The van der Waals surface area contributed by atoms with Crippen molar-refractivity contribution < 1.29 is 74.6 Å². The summed E-state index contributed by atoms with van der Waals surface area (Å²) in [6.07, 6.45) is 0. The Morgan fingerprint density at radius 3 is 2.11 bits per heavy atom. The molecule has 0 saturated carbocycles. The minimum absolute atomic E-state index is 0.00133. The van der Waals surface area contributed by atoms with Crippen LogP contribution in [0.25, 0.3) is 10.8 Å². The molecule has 56 heavy (non-hydrogen) atoms. The lowest BCUT2D eigenvalue weighted by Crippen LogP contribution is -2.11. The molecule has 298 valence electrons. The van der Waals surface area contributed by atoms with Gasteiger partial charge in [0.2, 0.25) is 17.2 Å². The number of benzene rings is 4. The van der Waals surface area contributed by atoms with Gasteiger partial charge in [0.1, 0.15) is 16.3 Å². The molecule has 0 saturated heterocycles. The van der Waals surface area contributed by atoms with Crippen LogP contribution in [0.5, 0.6) is 5.75 Å². The molecule has 1 heterocycles. The third-order valence-corrected chi connectivity index (χ3v) is 11.0. The van der Waals surface area contributed by atoms with Gasteiger partial charge >= 0.3 is 0 Å². The molecule has 0 unspecified atom stereocenters. The largest absolute Gasteiger partial charge is 0.505 e. The summed E-state index contributed by atoms with van der Waals surface area (Å²) in [4.78, 5) is 11.9. The van der Waals surface area contributed by atoms with Gasteiger partial charge in [-0.15, -0.1) is 23.2 Å². The Kier molecular flexibility index (Phi) is 15.3. The minimum atomic E-state index is -4.81. The van der Waals surface area contributed by atoms with Gasteiger partial charge in [0.25, 0.3) is 10.1 Å². The van der Waals surface area contributed by atoms with E-state index in [4.69, 9.17) is 31.6 Å². The van der Waals surface area contributed by atoms with Crippen molar-refractivity contribution in [1.29, 1.82) is 0 Å². The lowest BCUT2D eigenvalue weighted by atomic mass is 10.1. The van der Waals surface area contributed by atoms with Crippen molar-refractivity contribution in [3.05, 3.63) is 72.0 Å². The number of rotatable bonds is 20. The van der Waals surface area contributed by atoms with Gasteiger partial charge in [0.15, 0.2) is 27.9 Å². The second-order valence-electron chi connectivity index (χ2n) is 10.1. The summed E-state index contributed by atoms with van der Waals surface area (Å²) in [5.74, 6) is -0.891. The SMILES string of the molecule is O=S(=O)(O)c1ccc(SOOO)cc1N=Nc1c(SOOO)cc2cc(Nc3nc(Cl)nc(Nc4ccc(S(=O)(=O)CCOSOOO)cc4)n3)ccc2c1O. The Bertz CT molecular complexity index is 2420. The van der Waals surface area contributed by atoms with E-state index in [1.807, 2.05) is 0 Å². The monoisotopic (exact) mass is 895 g/mol. The Labute approximate surface area is 332 Å². The molecular formula is C27H22ClN7O16S5. The second kappa shape index (κ2) is 19.9. The fourth-order valence-electron chi connectivity index (χ4n) is 4.44. The van der Waals surface area contributed by atoms with Crippen molar-refractivity contribution >= 4 is 113 Å². The Morgan fingerprint density at radius 1 is 0.768 bits per heavy atom. The van der Waals surface area contributed by atoms with Crippen LogP contribution in [0.2, 0.25) is 5.28 Å². The van der Waals surface area contributed by atoms with E-state index in [-0.39, 0.29) is 67.6 Å². The first-order valence-corrected chi connectivity index (χ1v) is 20.1. The fraction of sp³-hybridized carbons (Fsp3) is 0.0741. The van der Waals surface area contributed by atoms with Gasteiger partial charge in [-0.1, -0.05) is 15.1 Å². The second-order valence-corrected chi connectivity index (χ2v) is 16.0. The van der Waals surface area contributed by atoms with Crippen molar-refractivity contribution in [2.24, 2.45) is 10.2 Å². The number of halogens is 1. The molecule has 5 aromatic rings. The summed E-state index contributed by atoms with van der Waals surface area (Å²) in [7, 11) is -8.54. The van der Waals surface area contributed by atoms with Crippen LogP contribution in [0, 0.1) is 0 Å². The number of aromatic hydroxyl groups is 1. The molecule has 5 rings (SSSR count). The third kappa shape index (κ3) is 11.7. The number of nitrogens with zero attached hydrogens (tertiary/aromatic N) is 5. The summed E-state index contributed by atoms with van der Waals surface area (Å²) in [6.45, 7) is -0.257. The molecule has 23 nitrogen and oxygen atoms in total. The number of sulfone groups is 1. The standard InChI is InChI=1S/C27H22ClN7O16S5/c28-25-31-26(29-15-1-5-18(6-2-15)55(40,41)10-9-45-54-51-48-39)33-27(32-25)30-16-3-7-19-14(11-16)12-21(53-50-47-38)23(24(19)36)35-34-20-13-17(52-49-46-37)4-8-22(20)56(42,43)44/h1-8,11-13,36-39H,9-10H2,(H,42,43,44)(H2,29,30,31,32,33). The highest BCUT2D eigenvalue weighted by molar-refractivity contribution is 7.95. The van der Waals surface area contributed by atoms with Crippen LogP contribution in [-0.4, -0.2) is 69.6 Å². The van der Waals surface area contributed by atoms with Crippen LogP contribution in [0.4, 0.5) is 34.6 Å². The van der Waals surface area contributed by atoms with Gasteiger partial charge in [-0.3, -0.25) is 8.74 Å². The zero-order chi connectivity index (χ0) is 40.3. The van der Waals surface area contributed by atoms with Crippen molar-refractivity contribution in [3.63, 3.8) is 0 Å². The predicted molar refractivity (Wildman–Crippen MR) is 196 cm³/mol. The first-order valence-electron chi connectivity index (χ1n) is 14.5. The molecule has 0 spiro atoms. The molecule has 4 aromatic carbocycles. The van der Waals surface area contributed by atoms with E-state index in [2.05, 4.69) is 63.9 Å². The van der Waals surface area contributed by atoms with Crippen molar-refractivity contribution in [2.75, 3.05) is 23.0 Å². The summed E-state index contributed by atoms with van der Waals surface area (Å²) < 4.78 is 76.5. The molecule has 1 aromatic heterocycles. The van der Waals surface area contributed by atoms with Gasteiger partial charge < -0.3 is 15.7 Å². The topological polar surface area (TPSA) is 321 Å². The highest BCUT2D eigenvalue weighted by Crippen LogP contribution is 2.45. The van der Waals surface area contributed by atoms with E-state index in [0.29, 0.717) is 40.8 Å². The number of anilines is 4. The molecule has 0 atom stereocenters. The molecule has 0 radical (unpaired) electrons. The average Bonchev–Trinajstić information content (AvgIpc) is 3.15. The maximum absolute atomic E-state index is 12.6. The molecule has 0 aliphatic rings. The molecular weight excluding hydrogens is 874 g/mol. The lowest BCUT2D eigenvalue weighted by molar-refractivity contribution is -0.434. The predicted octanol–water partition coefficient (Wildman–Crippen LogP) is 7.16. The quantitative estimate of drug-likeness (QED) is 0.0102. The zero-order valence-corrected chi connectivity index (χ0v) is 32.0. The van der Waals surface area contributed by atoms with Crippen LogP contribution < -0.4 is 10.6 Å². The summed E-state index contributed by atoms with van der Waals surface area (Å²) >= 11 is 7.28. The highest BCUT2D eigenvalue weighted by atomic mass is 35.5. The van der Waals surface area contributed by atoms with Crippen molar-refractivity contribution in [2.45, 2.75) is 19.6 Å². The van der Waals surface area contributed by atoms with Gasteiger partial charge in [-0.2, -0.15) is 23.4 Å². The van der Waals surface area contributed by atoms with E-state index >= 15 is 0 Å². The van der Waals surface area contributed by atoms with Crippen LogP contribution in [0.1, 0.15) is 0 Å². The van der Waals surface area contributed by atoms with Crippen LogP contribution in [0.3, 0.4) is 0 Å². The molecule has 0 bridgehead atoms. The smallest absolute Gasteiger partial charge is 0.296 e. The first kappa shape index (κ1) is 43.1. The number of phenolic OH excluding ortho intramolecular Hbond substituents is 1. The van der Waals surface area contributed by atoms with Gasteiger partial charge in [-0.05, 0) is 83.7 Å². The number of nitrogens with one attached hydrogen (secondary N) is 2. The van der Waals surface area contributed by atoms with Crippen LogP contribution in [-0.2, 0) is 52.3 Å². The molecule has 0 fully saturated rings. The van der Waals surface area contributed by atoms with E-state index in [1.54, 1.807) is 6.07 Å². The average molecular weight is 896 g/mol. The Balaban J connectivity index is 1.38. The van der Waals surface area contributed by atoms with E-state index in [9.17, 15) is 26.5 Å². The third-order valence-electron chi connectivity index (χ3n) is 6.71. The normalized spacial score (nSPS) is 12.1. The first-order chi connectivity index (χ1) is 26.8. The van der Waals surface area contributed by atoms with Gasteiger partial charge in [0, 0.05) is 21.7 Å². The number of phenols is 1. The molecule has 0 aliphatic heterocycles. The molecule has 29 heteroatoms. The zero-order valence-electron chi connectivity index (χ0n) is 27.1. The van der Waals surface area contributed by atoms with Gasteiger partial charge in [-0.25, -0.2) is 24.2 Å². The van der Waals surface area contributed by atoms with Crippen LogP contribution in [0.15, 0.2) is 96.5 Å². The number of hydrogen-bond acceptors (Lipinski definition) is 25.